The van der Waals surface area contributed by atoms with E-state index in [2.05, 4.69) is 29.3 Å². The lowest BCUT2D eigenvalue weighted by molar-refractivity contribution is 0.396. The lowest BCUT2D eigenvalue weighted by Gasteiger charge is -2.12. The SMILES string of the molecule is COc1ncc(CCCN(C)C)cc1NC(=N)N. The number of aryl methyl sites for hydroxylation is 1. The fourth-order valence-corrected chi connectivity index (χ4v) is 1.63. The summed E-state index contributed by atoms with van der Waals surface area (Å²) < 4.78 is 5.11. The molecule has 0 aliphatic heterocycles. The molecule has 1 rings (SSSR count). The molecule has 0 spiro atoms. The van der Waals surface area contributed by atoms with Crippen LogP contribution in [0, 0.1) is 5.41 Å². The Balaban J connectivity index is 2.72. The minimum absolute atomic E-state index is 0.124. The van der Waals surface area contributed by atoms with Gasteiger partial charge in [-0.1, -0.05) is 0 Å². The molecule has 6 nitrogen and oxygen atoms in total. The predicted molar refractivity (Wildman–Crippen MR) is 73.2 cm³/mol. The first-order valence-corrected chi connectivity index (χ1v) is 5.81. The Labute approximate surface area is 108 Å². The van der Waals surface area contributed by atoms with Crippen LogP contribution in [0.4, 0.5) is 5.69 Å². The Bertz CT molecular complexity index is 405. The highest BCUT2D eigenvalue weighted by atomic mass is 16.5. The van der Waals surface area contributed by atoms with Gasteiger partial charge < -0.3 is 20.7 Å². The lowest BCUT2D eigenvalue weighted by atomic mass is 10.1. The average Bonchev–Trinajstić information content (AvgIpc) is 2.28. The first-order chi connectivity index (χ1) is 8.52. The standard InChI is InChI=1S/C12H21N5O/c1-17(2)6-4-5-9-7-10(16-12(13)14)11(18-3)15-8-9/h7-8H,4-6H2,1-3H3,(H4,13,14,16). The first kappa shape index (κ1) is 14.2. The molecule has 1 aromatic heterocycles. The largest absolute Gasteiger partial charge is 0.480 e. The number of aromatic nitrogens is 1. The highest BCUT2D eigenvalue weighted by Crippen LogP contribution is 2.22. The summed E-state index contributed by atoms with van der Waals surface area (Å²) in [6.45, 7) is 1.03. The third kappa shape index (κ3) is 4.58. The molecule has 0 radical (unpaired) electrons. The summed E-state index contributed by atoms with van der Waals surface area (Å²) in [6, 6.07) is 1.92. The van der Waals surface area contributed by atoms with E-state index in [9.17, 15) is 0 Å². The molecule has 1 aromatic rings. The van der Waals surface area contributed by atoms with Gasteiger partial charge in [0, 0.05) is 6.20 Å². The molecule has 4 N–H and O–H groups in total. The molecule has 1 heterocycles. The fourth-order valence-electron chi connectivity index (χ4n) is 1.63. The number of nitrogens with one attached hydrogen (secondary N) is 2. The maximum Gasteiger partial charge on any atom is 0.237 e. The van der Waals surface area contributed by atoms with Crippen LogP contribution in [-0.2, 0) is 6.42 Å². The normalized spacial score (nSPS) is 10.4. The number of rotatable bonds is 6. The van der Waals surface area contributed by atoms with Gasteiger partial charge in [-0.05, 0) is 45.1 Å². The van der Waals surface area contributed by atoms with Crippen LogP contribution in [0.2, 0.25) is 0 Å². The van der Waals surface area contributed by atoms with Crippen LogP contribution in [0.5, 0.6) is 5.88 Å². The second kappa shape index (κ2) is 6.80. The van der Waals surface area contributed by atoms with Gasteiger partial charge in [0.15, 0.2) is 5.96 Å². The summed E-state index contributed by atoms with van der Waals surface area (Å²) in [4.78, 5) is 6.34. The van der Waals surface area contributed by atoms with Crippen molar-refractivity contribution in [1.29, 1.82) is 5.41 Å². The summed E-state index contributed by atoms with van der Waals surface area (Å²) in [5, 5.41) is 9.97. The summed E-state index contributed by atoms with van der Waals surface area (Å²) in [7, 11) is 5.64. The van der Waals surface area contributed by atoms with E-state index in [-0.39, 0.29) is 5.96 Å². The zero-order chi connectivity index (χ0) is 13.5. The van der Waals surface area contributed by atoms with E-state index in [0.717, 1.165) is 24.9 Å². The van der Waals surface area contributed by atoms with E-state index in [4.69, 9.17) is 15.9 Å². The van der Waals surface area contributed by atoms with Gasteiger partial charge in [0.2, 0.25) is 5.88 Å². The third-order valence-corrected chi connectivity index (χ3v) is 2.44. The maximum absolute atomic E-state index is 7.25. The predicted octanol–water partition coefficient (Wildman–Crippen LogP) is 0.890. The van der Waals surface area contributed by atoms with Crippen molar-refractivity contribution in [2.24, 2.45) is 5.73 Å². The van der Waals surface area contributed by atoms with Crippen LogP contribution in [0.1, 0.15) is 12.0 Å². The second-order valence-corrected chi connectivity index (χ2v) is 4.35. The molecule has 0 aromatic carbocycles. The molecule has 6 heteroatoms. The molecule has 0 fully saturated rings. The number of hydrogen-bond acceptors (Lipinski definition) is 4. The number of pyridine rings is 1. The third-order valence-electron chi connectivity index (χ3n) is 2.44. The van der Waals surface area contributed by atoms with Crippen LogP contribution >= 0.6 is 0 Å². The molecular weight excluding hydrogens is 230 g/mol. The molecule has 0 atom stereocenters. The highest BCUT2D eigenvalue weighted by molar-refractivity contribution is 5.91. The van der Waals surface area contributed by atoms with Crippen molar-refractivity contribution in [3.63, 3.8) is 0 Å². The number of hydrogen-bond donors (Lipinski definition) is 3. The van der Waals surface area contributed by atoms with Gasteiger partial charge in [-0.15, -0.1) is 0 Å². The zero-order valence-electron chi connectivity index (χ0n) is 11.2. The number of nitrogens with two attached hydrogens (primary N) is 1. The molecule has 18 heavy (non-hydrogen) atoms. The van der Waals surface area contributed by atoms with Crippen LogP contribution in [-0.4, -0.2) is 43.6 Å². The molecule has 0 aliphatic carbocycles. The topological polar surface area (TPSA) is 87.3 Å². The van der Waals surface area contributed by atoms with Gasteiger partial charge in [0.1, 0.15) is 5.69 Å². The molecule has 0 saturated carbocycles. The van der Waals surface area contributed by atoms with E-state index in [1.54, 1.807) is 13.3 Å². The van der Waals surface area contributed by atoms with Gasteiger partial charge in [-0.25, -0.2) is 4.98 Å². The number of ether oxygens (including phenoxy) is 1. The number of guanidine groups is 1. The fraction of sp³-hybridized carbons (Fsp3) is 0.500. The van der Waals surface area contributed by atoms with Crippen LogP contribution in [0.25, 0.3) is 0 Å². The van der Waals surface area contributed by atoms with Crippen molar-refractivity contribution in [2.75, 3.05) is 33.1 Å². The van der Waals surface area contributed by atoms with Gasteiger partial charge in [-0.2, -0.15) is 0 Å². The van der Waals surface area contributed by atoms with Crippen LogP contribution in [0.15, 0.2) is 12.3 Å². The van der Waals surface area contributed by atoms with E-state index >= 15 is 0 Å². The Kier molecular flexibility index (Phi) is 5.38. The summed E-state index contributed by atoms with van der Waals surface area (Å²) in [5.74, 6) is 0.321. The molecular formula is C12H21N5O. The van der Waals surface area contributed by atoms with Crippen LogP contribution in [0.3, 0.4) is 0 Å². The molecule has 0 unspecified atom stereocenters. The van der Waals surface area contributed by atoms with Crippen molar-refractivity contribution >= 4 is 11.6 Å². The van der Waals surface area contributed by atoms with Gasteiger partial charge in [-0.3, -0.25) is 5.41 Å². The summed E-state index contributed by atoms with van der Waals surface area (Å²) >= 11 is 0. The second-order valence-electron chi connectivity index (χ2n) is 4.35. The molecule has 100 valence electrons. The Morgan fingerprint density at radius 2 is 2.28 bits per heavy atom. The number of anilines is 1. The van der Waals surface area contributed by atoms with Crippen molar-refractivity contribution in [3.8, 4) is 5.88 Å². The molecule has 0 amide bonds. The smallest absolute Gasteiger partial charge is 0.237 e. The molecule has 0 bridgehead atoms. The molecule has 0 aliphatic rings. The van der Waals surface area contributed by atoms with Crippen molar-refractivity contribution in [3.05, 3.63) is 17.8 Å². The van der Waals surface area contributed by atoms with E-state index < -0.39 is 0 Å². The quantitative estimate of drug-likeness (QED) is 0.516. The Morgan fingerprint density at radius 3 is 2.83 bits per heavy atom. The summed E-state index contributed by atoms with van der Waals surface area (Å²) in [5.41, 5.74) is 7.05. The van der Waals surface area contributed by atoms with Crippen molar-refractivity contribution in [2.45, 2.75) is 12.8 Å². The molecule has 0 saturated heterocycles. The van der Waals surface area contributed by atoms with Crippen LogP contribution < -0.4 is 15.8 Å². The lowest BCUT2D eigenvalue weighted by Crippen LogP contribution is -2.21. The maximum atomic E-state index is 7.25. The minimum atomic E-state index is -0.124. The van der Waals surface area contributed by atoms with E-state index in [1.807, 2.05) is 6.07 Å². The zero-order valence-corrected chi connectivity index (χ0v) is 11.2. The van der Waals surface area contributed by atoms with Gasteiger partial charge >= 0.3 is 0 Å². The Hall–Kier alpha value is -1.82. The first-order valence-electron chi connectivity index (χ1n) is 5.81. The van der Waals surface area contributed by atoms with Gasteiger partial charge in [0.05, 0.1) is 7.11 Å². The minimum Gasteiger partial charge on any atom is -0.480 e. The van der Waals surface area contributed by atoms with E-state index in [0.29, 0.717) is 11.6 Å². The number of methoxy groups -OCH3 is 1. The monoisotopic (exact) mass is 251 g/mol. The number of nitrogens with zero attached hydrogens (tertiary/aromatic N) is 2. The highest BCUT2D eigenvalue weighted by Gasteiger charge is 2.06. The average molecular weight is 251 g/mol. The van der Waals surface area contributed by atoms with Crippen molar-refractivity contribution in [1.82, 2.24) is 9.88 Å². The van der Waals surface area contributed by atoms with E-state index in [1.165, 1.54) is 0 Å². The van der Waals surface area contributed by atoms with Gasteiger partial charge in [0.25, 0.3) is 0 Å². The summed E-state index contributed by atoms with van der Waals surface area (Å²) in [6.07, 6.45) is 3.78. The van der Waals surface area contributed by atoms with Crippen molar-refractivity contribution < 1.29 is 4.74 Å². The Morgan fingerprint density at radius 1 is 1.56 bits per heavy atom.